The van der Waals surface area contributed by atoms with Gasteiger partial charge in [-0.2, -0.15) is 0 Å². The minimum atomic E-state index is -0.430. The average molecular weight is 238 g/mol. The molecule has 0 aromatic heterocycles. The lowest BCUT2D eigenvalue weighted by atomic mass is 9.92. The molecule has 4 heteroatoms. The topological polar surface area (TPSA) is 35.5 Å². The summed E-state index contributed by atoms with van der Waals surface area (Å²) in [5.74, 6) is -0.326. The fourth-order valence-electron chi connectivity index (χ4n) is 2.15. The fourth-order valence-corrected chi connectivity index (χ4v) is 2.15. The van der Waals surface area contributed by atoms with E-state index >= 15 is 0 Å². The maximum atomic E-state index is 13.2. The number of hydrogen-bond donors (Lipinski definition) is 0. The summed E-state index contributed by atoms with van der Waals surface area (Å²) in [6.45, 7) is 2.44. The van der Waals surface area contributed by atoms with Crippen LogP contribution in [0.25, 0.3) is 0 Å². The molecule has 17 heavy (non-hydrogen) atoms. The first-order valence-corrected chi connectivity index (χ1v) is 5.63. The van der Waals surface area contributed by atoms with Gasteiger partial charge < -0.3 is 9.47 Å². The Kier molecular flexibility index (Phi) is 3.43. The number of ketones is 1. The number of carbonyl (C=O) groups is 1. The van der Waals surface area contributed by atoms with E-state index in [9.17, 15) is 9.18 Å². The number of ether oxygens (including phenoxy) is 2. The molecule has 1 aromatic rings. The van der Waals surface area contributed by atoms with Crippen LogP contribution in [0.2, 0.25) is 0 Å². The van der Waals surface area contributed by atoms with Crippen LogP contribution >= 0.6 is 0 Å². The minimum Gasteiger partial charge on any atom is -0.496 e. The molecular formula is C13H15FO3. The van der Waals surface area contributed by atoms with Crippen molar-refractivity contribution >= 4 is 5.78 Å². The van der Waals surface area contributed by atoms with Crippen molar-refractivity contribution in [3.8, 4) is 5.75 Å². The SMILES string of the molecule is COc1ccc(F)cc1C(=O)C1CCOC1C. The second-order valence-electron chi connectivity index (χ2n) is 4.18. The van der Waals surface area contributed by atoms with Crippen LogP contribution in [0.5, 0.6) is 5.75 Å². The summed E-state index contributed by atoms with van der Waals surface area (Å²) in [5, 5.41) is 0. The Bertz CT molecular complexity index is 431. The van der Waals surface area contributed by atoms with Gasteiger partial charge in [-0.3, -0.25) is 4.79 Å². The van der Waals surface area contributed by atoms with Gasteiger partial charge in [-0.25, -0.2) is 4.39 Å². The molecule has 3 nitrogen and oxygen atoms in total. The number of benzene rings is 1. The summed E-state index contributed by atoms with van der Waals surface area (Å²) in [4.78, 5) is 12.3. The number of Topliss-reactive ketones (excluding diaryl/α,β-unsaturated/α-hetero) is 1. The Morgan fingerprint density at radius 3 is 2.88 bits per heavy atom. The zero-order chi connectivity index (χ0) is 12.4. The van der Waals surface area contributed by atoms with Crippen LogP contribution in [0.1, 0.15) is 23.7 Å². The van der Waals surface area contributed by atoms with E-state index in [-0.39, 0.29) is 17.8 Å². The highest BCUT2D eigenvalue weighted by Gasteiger charge is 2.32. The Morgan fingerprint density at radius 2 is 2.29 bits per heavy atom. The summed E-state index contributed by atoms with van der Waals surface area (Å²) in [7, 11) is 1.47. The molecule has 1 fully saturated rings. The van der Waals surface area contributed by atoms with Gasteiger partial charge in [0, 0.05) is 6.61 Å². The zero-order valence-electron chi connectivity index (χ0n) is 9.90. The van der Waals surface area contributed by atoms with Gasteiger partial charge in [0.05, 0.1) is 24.7 Å². The van der Waals surface area contributed by atoms with Crippen molar-refractivity contribution in [1.29, 1.82) is 0 Å². The average Bonchev–Trinajstić information content (AvgIpc) is 2.74. The highest BCUT2D eigenvalue weighted by molar-refractivity contribution is 6.00. The van der Waals surface area contributed by atoms with Crippen molar-refractivity contribution in [2.75, 3.05) is 13.7 Å². The van der Waals surface area contributed by atoms with Gasteiger partial charge in [0.25, 0.3) is 0 Å². The van der Waals surface area contributed by atoms with Gasteiger partial charge in [-0.1, -0.05) is 0 Å². The lowest BCUT2D eigenvalue weighted by Gasteiger charge is -2.14. The van der Waals surface area contributed by atoms with Crippen molar-refractivity contribution < 1.29 is 18.7 Å². The molecule has 0 radical (unpaired) electrons. The van der Waals surface area contributed by atoms with Crippen LogP contribution in [0.3, 0.4) is 0 Å². The van der Waals surface area contributed by atoms with Gasteiger partial charge >= 0.3 is 0 Å². The molecule has 1 heterocycles. The summed E-state index contributed by atoms with van der Waals surface area (Å²) in [5.41, 5.74) is 0.301. The molecule has 1 saturated heterocycles. The van der Waals surface area contributed by atoms with Crippen molar-refractivity contribution in [3.63, 3.8) is 0 Å². The number of rotatable bonds is 3. The number of methoxy groups -OCH3 is 1. The van der Waals surface area contributed by atoms with E-state index in [4.69, 9.17) is 9.47 Å². The smallest absolute Gasteiger partial charge is 0.172 e. The third-order valence-electron chi connectivity index (χ3n) is 3.14. The zero-order valence-corrected chi connectivity index (χ0v) is 9.90. The Hall–Kier alpha value is -1.42. The van der Waals surface area contributed by atoms with Gasteiger partial charge in [0.1, 0.15) is 11.6 Å². The molecule has 1 aliphatic heterocycles. The van der Waals surface area contributed by atoms with Gasteiger partial charge in [-0.15, -0.1) is 0 Å². The monoisotopic (exact) mass is 238 g/mol. The first kappa shape index (κ1) is 12.0. The molecule has 92 valence electrons. The molecular weight excluding hydrogens is 223 g/mol. The Balaban J connectivity index is 2.32. The third kappa shape index (κ3) is 2.31. The molecule has 2 atom stereocenters. The molecule has 0 N–H and O–H groups in total. The van der Waals surface area contributed by atoms with E-state index in [1.165, 1.54) is 25.3 Å². The Morgan fingerprint density at radius 1 is 1.53 bits per heavy atom. The first-order valence-electron chi connectivity index (χ1n) is 5.63. The van der Waals surface area contributed by atoms with E-state index in [2.05, 4.69) is 0 Å². The van der Waals surface area contributed by atoms with E-state index in [1.54, 1.807) is 0 Å². The molecule has 0 spiro atoms. The number of carbonyl (C=O) groups excluding carboxylic acids is 1. The van der Waals surface area contributed by atoms with Crippen molar-refractivity contribution in [3.05, 3.63) is 29.6 Å². The molecule has 1 aromatic carbocycles. The lowest BCUT2D eigenvalue weighted by molar-refractivity contribution is 0.0761. The highest BCUT2D eigenvalue weighted by Crippen LogP contribution is 2.29. The summed E-state index contributed by atoms with van der Waals surface area (Å²) >= 11 is 0. The van der Waals surface area contributed by atoms with E-state index < -0.39 is 5.82 Å². The van der Waals surface area contributed by atoms with Crippen LogP contribution in [0, 0.1) is 11.7 Å². The van der Waals surface area contributed by atoms with Crippen molar-refractivity contribution in [2.45, 2.75) is 19.4 Å². The fraction of sp³-hybridized carbons (Fsp3) is 0.462. The minimum absolute atomic E-state index is 0.105. The highest BCUT2D eigenvalue weighted by atomic mass is 19.1. The summed E-state index contributed by atoms with van der Waals surface area (Å²) in [6.07, 6.45) is 0.565. The standard InChI is InChI=1S/C13H15FO3/c1-8-10(5-6-17-8)13(15)11-7-9(14)3-4-12(11)16-2/h3-4,7-8,10H,5-6H2,1-2H3. The van der Waals surface area contributed by atoms with Crippen LogP contribution in [0.15, 0.2) is 18.2 Å². The molecule has 1 aliphatic rings. The van der Waals surface area contributed by atoms with Crippen molar-refractivity contribution in [2.24, 2.45) is 5.92 Å². The predicted molar refractivity (Wildman–Crippen MR) is 60.8 cm³/mol. The van der Waals surface area contributed by atoms with Crippen LogP contribution in [-0.2, 0) is 4.74 Å². The molecule has 0 aliphatic carbocycles. The largest absolute Gasteiger partial charge is 0.496 e. The van der Waals surface area contributed by atoms with E-state index in [1.807, 2.05) is 6.92 Å². The third-order valence-corrected chi connectivity index (χ3v) is 3.14. The number of hydrogen-bond acceptors (Lipinski definition) is 3. The number of halogens is 1. The van der Waals surface area contributed by atoms with Crippen molar-refractivity contribution in [1.82, 2.24) is 0 Å². The maximum absolute atomic E-state index is 13.2. The van der Waals surface area contributed by atoms with E-state index in [0.29, 0.717) is 24.3 Å². The quantitative estimate of drug-likeness (QED) is 0.759. The normalized spacial score (nSPS) is 23.7. The molecule has 0 amide bonds. The molecule has 0 bridgehead atoms. The summed E-state index contributed by atoms with van der Waals surface area (Å²) in [6, 6.07) is 3.99. The molecule has 2 unspecified atom stereocenters. The second-order valence-corrected chi connectivity index (χ2v) is 4.18. The maximum Gasteiger partial charge on any atom is 0.172 e. The van der Waals surface area contributed by atoms with E-state index in [0.717, 1.165) is 0 Å². The molecule has 2 rings (SSSR count). The van der Waals surface area contributed by atoms with Gasteiger partial charge in [0.2, 0.25) is 0 Å². The second kappa shape index (κ2) is 4.84. The van der Waals surface area contributed by atoms with Gasteiger partial charge in [0.15, 0.2) is 5.78 Å². The Labute approximate surface area is 99.5 Å². The molecule has 0 saturated carbocycles. The first-order chi connectivity index (χ1) is 8.13. The van der Waals surface area contributed by atoms with Gasteiger partial charge in [-0.05, 0) is 31.5 Å². The van der Waals surface area contributed by atoms with Crippen LogP contribution in [-0.4, -0.2) is 25.6 Å². The summed E-state index contributed by atoms with van der Waals surface area (Å²) < 4.78 is 23.6. The van der Waals surface area contributed by atoms with Crippen LogP contribution in [0.4, 0.5) is 4.39 Å². The van der Waals surface area contributed by atoms with Crippen LogP contribution < -0.4 is 4.74 Å². The predicted octanol–water partition coefficient (Wildman–Crippen LogP) is 2.44. The lowest BCUT2D eigenvalue weighted by Crippen LogP contribution is -2.22.